The highest BCUT2D eigenvalue weighted by Gasteiger charge is 2.10. The fraction of sp³-hybridized carbons (Fsp3) is 0.111. The largest absolute Gasteiger partial charge is 0.497 e. The summed E-state index contributed by atoms with van der Waals surface area (Å²) in [6, 6.07) is 17.1. The van der Waals surface area contributed by atoms with E-state index in [-0.39, 0.29) is 5.78 Å². The van der Waals surface area contributed by atoms with E-state index in [0.29, 0.717) is 11.3 Å². The molecule has 1 heterocycles. The summed E-state index contributed by atoms with van der Waals surface area (Å²) in [4.78, 5) is 16.6. The molecule has 0 saturated carbocycles. The lowest BCUT2D eigenvalue weighted by Gasteiger charge is -2.07. The second-order valence-electron chi connectivity index (χ2n) is 4.86. The Morgan fingerprint density at radius 1 is 1.13 bits per heavy atom. The zero-order valence-corrected chi connectivity index (χ0v) is 13.5. The number of hydrogen-bond acceptors (Lipinski definition) is 4. The number of ether oxygens (including phenoxy) is 1. The molecule has 0 fully saturated rings. The Morgan fingerprint density at radius 3 is 2.57 bits per heavy atom. The molecule has 5 heteroatoms. The van der Waals surface area contributed by atoms with Crippen LogP contribution in [0.25, 0.3) is 5.69 Å². The van der Waals surface area contributed by atoms with Crippen molar-refractivity contribution in [2.75, 3.05) is 12.9 Å². The van der Waals surface area contributed by atoms with Gasteiger partial charge in [0.15, 0.2) is 10.9 Å². The van der Waals surface area contributed by atoms with Gasteiger partial charge in [0.05, 0.1) is 12.9 Å². The topological polar surface area (TPSA) is 44.1 Å². The van der Waals surface area contributed by atoms with E-state index in [1.165, 1.54) is 11.8 Å². The molecule has 2 aromatic carbocycles. The van der Waals surface area contributed by atoms with Gasteiger partial charge in [-0.2, -0.15) is 0 Å². The third kappa shape index (κ3) is 3.63. The van der Waals surface area contributed by atoms with E-state index in [0.717, 1.165) is 16.6 Å². The van der Waals surface area contributed by atoms with Gasteiger partial charge in [0.2, 0.25) is 0 Å². The van der Waals surface area contributed by atoms with E-state index < -0.39 is 0 Å². The third-order valence-electron chi connectivity index (χ3n) is 3.39. The molecule has 0 spiro atoms. The first-order valence-electron chi connectivity index (χ1n) is 7.17. The Kier molecular flexibility index (Phi) is 4.78. The standard InChI is InChI=1S/C18H16N2O2S/c1-22-16-9-7-14(8-10-16)17(21)13-23-18-19-11-12-20(18)15-5-3-2-4-6-15/h2-12H,13H2,1H3. The molecule has 116 valence electrons. The summed E-state index contributed by atoms with van der Waals surface area (Å²) in [5.74, 6) is 1.16. The van der Waals surface area contributed by atoms with Crippen LogP contribution in [0.3, 0.4) is 0 Å². The van der Waals surface area contributed by atoms with Gasteiger partial charge in [-0.05, 0) is 36.4 Å². The van der Waals surface area contributed by atoms with E-state index >= 15 is 0 Å². The first-order valence-corrected chi connectivity index (χ1v) is 8.15. The van der Waals surface area contributed by atoms with Crippen LogP contribution < -0.4 is 4.74 Å². The van der Waals surface area contributed by atoms with Crippen LogP contribution in [0.5, 0.6) is 5.75 Å². The molecule has 1 aromatic heterocycles. The number of hydrogen-bond donors (Lipinski definition) is 0. The fourth-order valence-electron chi connectivity index (χ4n) is 2.17. The zero-order chi connectivity index (χ0) is 16.1. The minimum absolute atomic E-state index is 0.0697. The number of carbonyl (C=O) groups excluding carboxylic acids is 1. The van der Waals surface area contributed by atoms with Crippen LogP contribution >= 0.6 is 11.8 Å². The van der Waals surface area contributed by atoms with Gasteiger partial charge in [0, 0.05) is 23.6 Å². The highest BCUT2D eigenvalue weighted by molar-refractivity contribution is 7.99. The Hall–Kier alpha value is -2.53. The SMILES string of the molecule is COc1ccc(C(=O)CSc2nccn2-c2ccccc2)cc1. The molecule has 0 saturated heterocycles. The summed E-state index contributed by atoms with van der Waals surface area (Å²) >= 11 is 1.43. The average molecular weight is 324 g/mol. The van der Waals surface area contributed by atoms with Crippen molar-refractivity contribution in [2.45, 2.75) is 5.16 Å². The van der Waals surface area contributed by atoms with Crippen LogP contribution in [0.2, 0.25) is 0 Å². The number of Topliss-reactive ketones (excluding diaryl/α,β-unsaturated/α-hetero) is 1. The first-order chi connectivity index (χ1) is 11.3. The Labute approximate surface area is 139 Å². The van der Waals surface area contributed by atoms with Crippen LogP contribution in [-0.2, 0) is 0 Å². The number of para-hydroxylation sites is 1. The number of rotatable bonds is 6. The second-order valence-corrected chi connectivity index (χ2v) is 5.80. The van der Waals surface area contributed by atoms with Crippen molar-refractivity contribution in [1.29, 1.82) is 0 Å². The summed E-state index contributed by atoms with van der Waals surface area (Å²) in [5, 5.41) is 0.804. The van der Waals surface area contributed by atoms with Crippen molar-refractivity contribution in [3.05, 3.63) is 72.6 Å². The molecule has 4 nitrogen and oxygen atoms in total. The van der Waals surface area contributed by atoms with Crippen LogP contribution in [0.4, 0.5) is 0 Å². The van der Waals surface area contributed by atoms with Crippen molar-refractivity contribution in [3.63, 3.8) is 0 Å². The number of nitrogens with zero attached hydrogens (tertiary/aromatic N) is 2. The molecule has 0 aliphatic carbocycles. The molecule has 0 radical (unpaired) electrons. The predicted octanol–water partition coefficient (Wildman–Crippen LogP) is 3.86. The average Bonchev–Trinajstić information content (AvgIpc) is 3.09. The maximum absolute atomic E-state index is 12.3. The summed E-state index contributed by atoms with van der Waals surface area (Å²) in [6.07, 6.45) is 3.64. The Balaban J connectivity index is 1.69. The maximum Gasteiger partial charge on any atom is 0.173 e. The quantitative estimate of drug-likeness (QED) is 0.510. The van der Waals surface area contributed by atoms with E-state index in [4.69, 9.17) is 4.74 Å². The summed E-state index contributed by atoms with van der Waals surface area (Å²) < 4.78 is 7.08. The van der Waals surface area contributed by atoms with Gasteiger partial charge in [0.1, 0.15) is 5.75 Å². The van der Waals surface area contributed by atoms with Crippen LogP contribution in [0.15, 0.2) is 72.1 Å². The lowest BCUT2D eigenvalue weighted by molar-refractivity contribution is 0.102. The lowest BCUT2D eigenvalue weighted by atomic mass is 10.1. The number of ketones is 1. The van der Waals surface area contributed by atoms with Gasteiger partial charge < -0.3 is 4.74 Å². The summed E-state index contributed by atoms with van der Waals surface area (Å²) in [7, 11) is 1.61. The minimum Gasteiger partial charge on any atom is -0.497 e. The first kappa shape index (κ1) is 15.4. The Bertz CT molecular complexity index is 782. The molecular formula is C18H16N2O2S. The van der Waals surface area contributed by atoms with Gasteiger partial charge in [0.25, 0.3) is 0 Å². The van der Waals surface area contributed by atoms with Crippen molar-refractivity contribution < 1.29 is 9.53 Å². The van der Waals surface area contributed by atoms with Gasteiger partial charge in [-0.1, -0.05) is 30.0 Å². The highest BCUT2D eigenvalue weighted by atomic mass is 32.2. The van der Waals surface area contributed by atoms with Gasteiger partial charge in [-0.3, -0.25) is 9.36 Å². The highest BCUT2D eigenvalue weighted by Crippen LogP contribution is 2.22. The second kappa shape index (κ2) is 7.15. The molecule has 0 aliphatic rings. The molecule has 0 unspecified atom stereocenters. The number of methoxy groups -OCH3 is 1. The van der Waals surface area contributed by atoms with Crippen LogP contribution in [0.1, 0.15) is 10.4 Å². The molecular weight excluding hydrogens is 308 g/mol. The molecule has 0 atom stereocenters. The van der Waals surface area contributed by atoms with E-state index in [2.05, 4.69) is 4.98 Å². The van der Waals surface area contributed by atoms with Crippen molar-refractivity contribution in [2.24, 2.45) is 0 Å². The van der Waals surface area contributed by atoms with Gasteiger partial charge >= 0.3 is 0 Å². The molecule has 23 heavy (non-hydrogen) atoms. The monoisotopic (exact) mass is 324 g/mol. The van der Waals surface area contributed by atoms with E-state index in [1.54, 1.807) is 37.6 Å². The molecule has 0 amide bonds. The number of thioether (sulfide) groups is 1. The molecule has 0 aliphatic heterocycles. The predicted molar refractivity (Wildman–Crippen MR) is 91.6 cm³/mol. The maximum atomic E-state index is 12.3. The van der Waals surface area contributed by atoms with E-state index in [1.807, 2.05) is 41.1 Å². The van der Waals surface area contributed by atoms with Crippen LogP contribution in [-0.4, -0.2) is 28.2 Å². The Morgan fingerprint density at radius 2 is 1.87 bits per heavy atom. The van der Waals surface area contributed by atoms with Gasteiger partial charge in [-0.25, -0.2) is 4.98 Å². The summed E-state index contributed by atoms with van der Waals surface area (Å²) in [5.41, 5.74) is 1.71. The van der Waals surface area contributed by atoms with Crippen molar-refractivity contribution in [1.82, 2.24) is 9.55 Å². The number of imidazole rings is 1. The summed E-state index contributed by atoms with van der Waals surface area (Å²) in [6.45, 7) is 0. The zero-order valence-electron chi connectivity index (χ0n) is 12.7. The number of aromatic nitrogens is 2. The number of carbonyl (C=O) groups is 1. The van der Waals surface area contributed by atoms with Crippen molar-refractivity contribution in [3.8, 4) is 11.4 Å². The normalized spacial score (nSPS) is 10.5. The molecule has 3 aromatic rings. The van der Waals surface area contributed by atoms with E-state index in [9.17, 15) is 4.79 Å². The van der Waals surface area contributed by atoms with Crippen LogP contribution in [0, 0.1) is 0 Å². The third-order valence-corrected chi connectivity index (χ3v) is 4.35. The smallest absolute Gasteiger partial charge is 0.173 e. The molecule has 3 rings (SSSR count). The lowest BCUT2D eigenvalue weighted by Crippen LogP contribution is -2.04. The fourth-order valence-corrected chi connectivity index (χ4v) is 3.04. The van der Waals surface area contributed by atoms with Crippen molar-refractivity contribution >= 4 is 17.5 Å². The number of benzene rings is 2. The molecule has 0 bridgehead atoms. The minimum atomic E-state index is 0.0697. The molecule has 0 N–H and O–H groups in total. The van der Waals surface area contributed by atoms with Gasteiger partial charge in [-0.15, -0.1) is 0 Å².